The maximum atomic E-state index is 6.60. The van der Waals surface area contributed by atoms with Crippen LogP contribution in [0, 0.1) is 0 Å². The van der Waals surface area contributed by atoms with Gasteiger partial charge in [-0.3, -0.25) is 0 Å². The van der Waals surface area contributed by atoms with Crippen molar-refractivity contribution in [2.45, 2.75) is 0 Å². The van der Waals surface area contributed by atoms with E-state index in [0.29, 0.717) is 17.5 Å². The minimum Gasteiger partial charge on any atom is -0.455 e. The Morgan fingerprint density at radius 1 is 0.300 bits per heavy atom. The monoisotopic (exact) mass is 641 g/mol. The van der Waals surface area contributed by atoms with Gasteiger partial charge in [-0.2, -0.15) is 0 Å². The second-order valence-corrected chi connectivity index (χ2v) is 12.4. The SMILES string of the molecule is c1ccc(-c2ccc(-c3nc(-c4ccccc4)nc(-c4cc(-c5cccc6c5oc5ccccc56)cc5c4oc4ccccc45)n3)cc2)cc1. The van der Waals surface area contributed by atoms with Crippen LogP contribution >= 0.6 is 0 Å². The van der Waals surface area contributed by atoms with Gasteiger partial charge in [-0.1, -0.05) is 140 Å². The van der Waals surface area contributed by atoms with Gasteiger partial charge in [0.25, 0.3) is 0 Å². The third-order valence-corrected chi connectivity index (χ3v) is 9.35. The first-order valence-corrected chi connectivity index (χ1v) is 16.6. The second-order valence-electron chi connectivity index (χ2n) is 12.4. The van der Waals surface area contributed by atoms with Gasteiger partial charge in [-0.25, -0.2) is 15.0 Å². The zero-order valence-electron chi connectivity index (χ0n) is 26.7. The van der Waals surface area contributed by atoms with Crippen molar-refractivity contribution in [3.05, 3.63) is 164 Å². The summed E-state index contributed by atoms with van der Waals surface area (Å²) >= 11 is 0. The summed E-state index contributed by atoms with van der Waals surface area (Å²) in [6, 6.07) is 55.7. The highest BCUT2D eigenvalue weighted by molar-refractivity contribution is 6.14. The van der Waals surface area contributed by atoms with Crippen molar-refractivity contribution < 1.29 is 8.83 Å². The second kappa shape index (κ2) is 11.4. The molecule has 0 saturated heterocycles. The van der Waals surface area contributed by atoms with Crippen LogP contribution in [0.1, 0.15) is 0 Å². The van der Waals surface area contributed by atoms with Crippen LogP contribution in [0.5, 0.6) is 0 Å². The molecule has 0 unspecified atom stereocenters. The van der Waals surface area contributed by atoms with Crippen LogP contribution < -0.4 is 0 Å². The topological polar surface area (TPSA) is 65.0 Å². The molecule has 5 nitrogen and oxygen atoms in total. The molecule has 0 spiro atoms. The number of rotatable bonds is 5. The summed E-state index contributed by atoms with van der Waals surface area (Å²) in [6.07, 6.45) is 0. The minimum absolute atomic E-state index is 0.531. The molecule has 0 aliphatic carbocycles. The molecule has 0 N–H and O–H groups in total. The summed E-state index contributed by atoms with van der Waals surface area (Å²) in [5.74, 6) is 1.71. The summed E-state index contributed by atoms with van der Waals surface area (Å²) in [4.78, 5) is 15.3. The van der Waals surface area contributed by atoms with Gasteiger partial charge in [0.15, 0.2) is 17.5 Å². The Kier molecular flexibility index (Phi) is 6.42. The maximum Gasteiger partial charge on any atom is 0.167 e. The largest absolute Gasteiger partial charge is 0.455 e. The molecule has 0 aliphatic rings. The molecular weight excluding hydrogens is 615 g/mol. The van der Waals surface area contributed by atoms with Crippen LogP contribution in [0.4, 0.5) is 0 Å². The van der Waals surface area contributed by atoms with Crippen molar-refractivity contribution >= 4 is 43.9 Å². The zero-order valence-corrected chi connectivity index (χ0v) is 26.7. The zero-order chi connectivity index (χ0) is 33.0. The fourth-order valence-corrected chi connectivity index (χ4v) is 6.91. The Hall–Kier alpha value is -6.85. The van der Waals surface area contributed by atoms with E-state index in [0.717, 1.165) is 82.8 Å². The fourth-order valence-electron chi connectivity index (χ4n) is 6.91. The standard InChI is InChI=1S/C45H27N3O2/c1-3-12-28(13-4-1)29-22-24-31(25-23-29)44-46-43(30-14-5-2-6-15-30)47-45(48-44)38-27-32(26-37-35-17-8-10-21-40(35)50-42(37)38)33-18-11-19-36-34-16-7-9-20-39(34)49-41(33)36/h1-27H. The van der Waals surface area contributed by atoms with E-state index in [-0.39, 0.29) is 0 Å². The summed E-state index contributed by atoms with van der Waals surface area (Å²) in [5, 5.41) is 4.17. The quantitative estimate of drug-likeness (QED) is 0.187. The van der Waals surface area contributed by atoms with Crippen molar-refractivity contribution in [2.24, 2.45) is 0 Å². The molecule has 50 heavy (non-hydrogen) atoms. The lowest BCUT2D eigenvalue weighted by molar-refractivity contribution is 0.668. The van der Waals surface area contributed by atoms with Gasteiger partial charge in [-0.15, -0.1) is 0 Å². The molecule has 234 valence electrons. The normalized spacial score (nSPS) is 11.6. The third kappa shape index (κ3) is 4.67. The number of furan rings is 2. The number of benzene rings is 7. The Morgan fingerprint density at radius 3 is 1.46 bits per heavy atom. The molecular formula is C45H27N3O2. The number of hydrogen-bond donors (Lipinski definition) is 0. The van der Waals surface area contributed by atoms with E-state index in [1.807, 2.05) is 72.8 Å². The molecule has 10 rings (SSSR count). The molecule has 10 aromatic rings. The lowest BCUT2D eigenvalue weighted by Gasteiger charge is -2.11. The van der Waals surface area contributed by atoms with E-state index in [2.05, 4.69) is 91.0 Å². The average Bonchev–Trinajstić information content (AvgIpc) is 3.77. The first-order chi connectivity index (χ1) is 24.8. The Morgan fingerprint density at radius 2 is 0.780 bits per heavy atom. The minimum atomic E-state index is 0.531. The summed E-state index contributed by atoms with van der Waals surface area (Å²) < 4.78 is 13.1. The molecule has 5 heteroatoms. The van der Waals surface area contributed by atoms with Crippen LogP contribution in [-0.2, 0) is 0 Å². The Bertz CT molecular complexity index is 2850. The van der Waals surface area contributed by atoms with Crippen molar-refractivity contribution in [1.82, 2.24) is 15.0 Å². The fraction of sp³-hybridized carbons (Fsp3) is 0. The highest BCUT2D eigenvalue weighted by Crippen LogP contribution is 2.42. The maximum absolute atomic E-state index is 6.60. The van der Waals surface area contributed by atoms with Gasteiger partial charge in [0.2, 0.25) is 0 Å². The first-order valence-electron chi connectivity index (χ1n) is 16.6. The predicted molar refractivity (Wildman–Crippen MR) is 202 cm³/mol. The van der Waals surface area contributed by atoms with Crippen molar-refractivity contribution in [2.75, 3.05) is 0 Å². The first kappa shape index (κ1) is 28.2. The Balaban J connectivity index is 1.22. The van der Waals surface area contributed by atoms with Crippen LogP contribution in [-0.4, -0.2) is 15.0 Å². The van der Waals surface area contributed by atoms with Crippen molar-refractivity contribution in [3.63, 3.8) is 0 Å². The van der Waals surface area contributed by atoms with E-state index in [1.54, 1.807) is 0 Å². The lowest BCUT2D eigenvalue weighted by atomic mass is 9.97. The van der Waals surface area contributed by atoms with Crippen molar-refractivity contribution in [1.29, 1.82) is 0 Å². The summed E-state index contributed by atoms with van der Waals surface area (Å²) in [7, 11) is 0. The number of fused-ring (bicyclic) bond motifs is 6. The lowest BCUT2D eigenvalue weighted by Crippen LogP contribution is -2.00. The molecule has 0 atom stereocenters. The summed E-state index contributed by atoms with van der Waals surface area (Å²) in [5.41, 5.74) is 10.1. The van der Waals surface area contributed by atoms with E-state index in [1.165, 1.54) is 0 Å². The van der Waals surface area contributed by atoms with Gasteiger partial charge in [0.05, 0.1) is 5.56 Å². The van der Waals surface area contributed by atoms with Crippen LogP contribution in [0.2, 0.25) is 0 Å². The number of aromatic nitrogens is 3. The molecule has 0 saturated carbocycles. The van der Waals surface area contributed by atoms with Crippen LogP contribution in [0.25, 0.3) is 100 Å². The molecule has 0 fully saturated rings. The van der Waals surface area contributed by atoms with Gasteiger partial charge in [-0.05, 0) is 41.0 Å². The Labute approximate surface area is 287 Å². The van der Waals surface area contributed by atoms with Crippen molar-refractivity contribution in [3.8, 4) is 56.4 Å². The molecule has 0 amide bonds. The summed E-state index contributed by atoms with van der Waals surface area (Å²) in [6.45, 7) is 0. The van der Waals surface area contributed by atoms with Gasteiger partial charge in [0.1, 0.15) is 22.3 Å². The third-order valence-electron chi connectivity index (χ3n) is 9.35. The predicted octanol–water partition coefficient (Wildman–Crippen LogP) is 12.0. The molecule has 3 aromatic heterocycles. The van der Waals surface area contributed by atoms with E-state index < -0.39 is 0 Å². The molecule has 0 aliphatic heterocycles. The van der Waals surface area contributed by atoms with E-state index in [4.69, 9.17) is 23.8 Å². The smallest absolute Gasteiger partial charge is 0.167 e. The highest BCUT2D eigenvalue weighted by Gasteiger charge is 2.21. The van der Waals surface area contributed by atoms with Crippen LogP contribution in [0.15, 0.2) is 173 Å². The van der Waals surface area contributed by atoms with Gasteiger partial charge < -0.3 is 8.83 Å². The van der Waals surface area contributed by atoms with E-state index in [9.17, 15) is 0 Å². The molecule has 0 radical (unpaired) electrons. The van der Waals surface area contributed by atoms with E-state index >= 15 is 0 Å². The number of hydrogen-bond acceptors (Lipinski definition) is 5. The number of para-hydroxylation sites is 3. The molecule has 7 aromatic carbocycles. The van der Waals surface area contributed by atoms with Gasteiger partial charge >= 0.3 is 0 Å². The molecule has 0 bridgehead atoms. The highest BCUT2D eigenvalue weighted by atomic mass is 16.3. The van der Waals surface area contributed by atoms with Gasteiger partial charge in [0, 0.05) is 38.2 Å². The number of nitrogens with zero attached hydrogens (tertiary/aromatic N) is 3. The van der Waals surface area contributed by atoms with Crippen LogP contribution in [0.3, 0.4) is 0 Å². The molecule has 3 heterocycles. The average molecular weight is 642 g/mol.